The van der Waals surface area contributed by atoms with Crippen LogP contribution >= 0.6 is 0 Å². The standard InChI is InChI=1S/C13H20N2/c1-2-10-4-5-11(3-1)15-13-8-6-12(7-9-13)14(10)15/h4-5,10-13H,1-3,6-9H2. The molecular weight excluding hydrogens is 184 g/mol. The number of hydrazine groups is 1. The van der Waals surface area contributed by atoms with Crippen LogP contribution in [0.2, 0.25) is 0 Å². The van der Waals surface area contributed by atoms with Gasteiger partial charge in [0.1, 0.15) is 0 Å². The van der Waals surface area contributed by atoms with E-state index in [0.29, 0.717) is 0 Å². The van der Waals surface area contributed by atoms with Gasteiger partial charge in [0.05, 0.1) is 0 Å². The summed E-state index contributed by atoms with van der Waals surface area (Å²) < 4.78 is 0. The fourth-order valence-electron chi connectivity index (χ4n) is 4.27. The maximum atomic E-state index is 2.77. The molecule has 0 aromatic carbocycles. The van der Waals surface area contributed by atoms with Crippen molar-refractivity contribution in [1.82, 2.24) is 10.0 Å². The van der Waals surface area contributed by atoms with Gasteiger partial charge in [-0.1, -0.05) is 12.2 Å². The lowest BCUT2D eigenvalue weighted by Crippen LogP contribution is -2.67. The second kappa shape index (κ2) is 3.08. The van der Waals surface area contributed by atoms with E-state index in [-0.39, 0.29) is 0 Å². The van der Waals surface area contributed by atoms with E-state index in [1.807, 2.05) is 0 Å². The lowest BCUT2D eigenvalue weighted by Gasteiger charge is -2.58. The fraction of sp³-hybridized carbons (Fsp3) is 0.846. The van der Waals surface area contributed by atoms with Gasteiger partial charge in [0.2, 0.25) is 0 Å². The summed E-state index contributed by atoms with van der Waals surface area (Å²) in [5.74, 6) is 0. The van der Waals surface area contributed by atoms with E-state index in [2.05, 4.69) is 22.2 Å². The summed E-state index contributed by atoms with van der Waals surface area (Å²) in [5, 5.41) is 5.55. The molecule has 4 atom stereocenters. The van der Waals surface area contributed by atoms with Gasteiger partial charge in [0.15, 0.2) is 0 Å². The van der Waals surface area contributed by atoms with Crippen molar-refractivity contribution in [3.05, 3.63) is 12.2 Å². The summed E-state index contributed by atoms with van der Waals surface area (Å²) in [6.45, 7) is 0. The molecule has 4 bridgehead atoms. The smallest absolute Gasteiger partial charge is 0.0429 e. The van der Waals surface area contributed by atoms with E-state index in [0.717, 1.165) is 24.2 Å². The summed E-state index contributed by atoms with van der Waals surface area (Å²) >= 11 is 0. The third kappa shape index (κ3) is 1.12. The third-order valence-electron chi connectivity index (χ3n) is 4.92. The molecule has 2 heteroatoms. The summed E-state index contributed by atoms with van der Waals surface area (Å²) in [6.07, 6.45) is 15.0. The average Bonchev–Trinajstić information content (AvgIpc) is 2.65. The zero-order valence-electron chi connectivity index (χ0n) is 9.31. The van der Waals surface area contributed by atoms with Gasteiger partial charge in [0.25, 0.3) is 0 Å². The Labute approximate surface area is 91.9 Å². The van der Waals surface area contributed by atoms with E-state index in [9.17, 15) is 0 Å². The summed E-state index contributed by atoms with van der Waals surface area (Å²) in [6, 6.07) is 3.25. The number of nitrogens with zero attached hydrogens (tertiary/aromatic N) is 2. The monoisotopic (exact) mass is 204 g/mol. The molecule has 3 saturated heterocycles. The minimum absolute atomic E-state index is 0.747. The highest BCUT2D eigenvalue weighted by atomic mass is 15.7. The molecule has 4 fully saturated rings. The highest BCUT2D eigenvalue weighted by Gasteiger charge is 2.47. The Morgan fingerprint density at radius 2 is 1.13 bits per heavy atom. The molecule has 0 radical (unpaired) electrons. The first-order chi connectivity index (χ1) is 7.43. The number of hydrogen-bond donors (Lipinski definition) is 0. The van der Waals surface area contributed by atoms with Crippen LogP contribution in [0.1, 0.15) is 44.9 Å². The highest BCUT2D eigenvalue weighted by molar-refractivity contribution is 5.12. The number of fused-ring (bicyclic) bond motifs is 4. The normalized spacial score (nSPS) is 56.5. The van der Waals surface area contributed by atoms with Crippen molar-refractivity contribution in [3.63, 3.8) is 0 Å². The van der Waals surface area contributed by atoms with Crippen molar-refractivity contribution in [1.29, 1.82) is 0 Å². The Balaban J connectivity index is 1.77. The molecule has 4 heterocycles. The van der Waals surface area contributed by atoms with Gasteiger partial charge in [-0.3, -0.25) is 0 Å². The molecule has 0 amide bonds. The maximum absolute atomic E-state index is 2.77. The van der Waals surface area contributed by atoms with Gasteiger partial charge in [-0.25, -0.2) is 10.0 Å². The largest absolute Gasteiger partial charge is 0.231 e. The van der Waals surface area contributed by atoms with Crippen LogP contribution in [-0.4, -0.2) is 34.2 Å². The van der Waals surface area contributed by atoms with Crippen molar-refractivity contribution < 1.29 is 0 Å². The average molecular weight is 204 g/mol. The summed E-state index contributed by atoms with van der Waals surface area (Å²) in [5.41, 5.74) is 0. The first-order valence-electron chi connectivity index (χ1n) is 6.68. The fourth-order valence-corrected chi connectivity index (χ4v) is 4.27. The molecule has 6 rings (SSSR count). The predicted octanol–water partition coefficient (Wildman–Crippen LogP) is 2.32. The van der Waals surface area contributed by atoms with Crippen LogP contribution in [0.4, 0.5) is 0 Å². The molecule has 0 N–H and O–H groups in total. The third-order valence-corrected chi connectivity index (χ3v) is 4.92. The molecule has 0 spiro atoms. The highest BCUT2D eigenvalue weighted by Crippen LogP contribution is 2.43. The van der Waals surface area contributed by atoms with Crippen molar-refractivity contribution in [3.8, 4) is 0 Å². The number of hydrogen-bond acceptors (Lipinski definition) is 2. The second-order valence-electron chi connectivity index (χ2n) is 5.67. The Morgan fingerprint density at radius 3 is 1.60 bits per heavy atom. The van der Waals surface area contributed by atoms with Gasteiger partial charge < -0.3 is 0 Å². The predicted molar refractivity (Wildman–Crippen MR) is 60.3 cm³/mol. The van der Waals surface area contributed by atoms with Gasteiger partial charge in [-0.05, 0) is 44.9 Å². The van der Waals surface area contributed by atoms with Crippen LogP contribution in [0.25, 0.3) is 0 Å². The van der Waals surface area contributed by atoms with E-state index in [1.165, 1.54) is 44.9 Å². The molecular formula is C13H20N2. The van der Waals surface area contributed by atoms with Crippen LogP contribution in [0.5, 0.6) is 0 Å². The Bertz CT molecular complexity index is 263. The van der Waals surface area contributed by atoms with Crippen LogP contribution in [0.3, 0.4) is 0 Å². The zero-order valence-corrected chi connectivity index (χ0v) is 9.31. The lowest BCUT2D eigenvalue weighted by molar-refractivity contribution is -0.187. The SMILES string of the molecule is C1=CC2CCCC1N1C3CCC(CC3)N21. The quantitative estimate of drug-likeness (QED) is 0.559. The molecule has 2 aliphatic carbocycles. The van der Waals surface area contributed by atoms with E-state index < -0.39 is 0 Å². The van der Waals surface area contributed by atoms with Crippen LogP contribution in [0, 0.1) is 0 Å². The minimum Gasteiger partial charge on any atom is -0.231 e. The Morgan fingerprint density at radius 1 is 0.667 bits per heavy atom. The summed E-state index contributed by atoms with van der Waals surface area (Å²) in [7, 11) is 0. The van der Waals surface area contributed by atoms with Gasteiger partial charge in [-0.2, -0.15) is 0 Å². The van der Waals surface area contributed by atoms with Crippen LogP contribution < -0.4 is 0 Å². The van der Waals surface area contributed by atoms with Crippen molar-refractivity contribution >= 4 is 0 Å². The van der Waals surface area contributed by atoms with Crippen molar-refractivity contribution in [2.24, 2.45) is 0 Å². The van der Waals surface area contributed by atoms with Gasteiger partial charge in [0, 0.05) is 24.2 Å². The van der Waals surface area contributed by atoms with E-state index in [1.54, 1.807) is 0 Å². The van der Waals surface area contributed by atoms with Crippen molar-refractivity contribution in [2.45, 2.75) is 69.1 Å². The van der Waals surface area contributed by atoms with Crippen LogP contribution in [0.15, 0.2) is 12.2 Å². The van der Waals surface area contributed by atoms with E-state index >= 15 is 0 Å². The minimum atomic E-state index is 0.747. The van der Waals surface area contributed by atoms with Gasteiger partial charge >= 0.3 is 0 Å². The molecule has 4 aliphatic heterocycles. The molecule has 82 valence electrons. The molecule has 4 unspecified atom stereocenters. The topological polar surface area (TPSA) is 6.48 Å². The lowest BCUT2D eigenvalue weighted by atomic mass is 9.84. The molecule has 0 aromatic rings. The van der Waals surface area contributed by atoms with Gasteiger partial charge in [-0.15, -0.1) is 0 Å². The molecule has 2 nitrogen and oxygen atoms in total. The zero-order chi connectivity index (χ0) is 9.83. The first kappa shape index (κ1) is 8.77. The first-order valence-corrected chi connectivity index (χ1v) is 6.68. The molecule has 1 saturated carbocycles. The molecule has 15 heavy (non-hydrogen) atoms. The number of rotatable bonds is 0. The summed E-state index contributed by atoms with van der Waals surface area (Å²) in [4.78, 5) is 0. The Hall–Kier alpha value is -0.340. The Kier molecular flexibility index (Phi) is 1.80. The maximum Gasteiger partial charge on any atom is 0.0429 e. The van der Waals surface area contributed by atoms with Crippen molar-refractivity contribution in [2.75, 3.05) is 0 Å². The van der Waals surface area contributed by atoms with E-state index in [4.69, 9.17) is 0 Å². The van der Waals surface area contributed by atoms with Crippen LogP contribution in [-0.2, 0) is 0 Å². The second-order valence-corrected chi connectivity index (χ2v) is 5.67. The molecule has 6 aliphatic rings. The molecule has 0 aromatic heterocycles.